The molecule has 2 aliphatic heterocycles. The molecule has 0 spiro atoms. The molecule has 2 aliphatic rings. The molecule has 8 heteroatoms. The van der Waals surface area contributed by atoms with Crippen molar-refractivity contribution in [1.82, 2.24) is 9.80 Å². The molecule has 0 bridgehead atoms. The number of amides is 2. The first kappa shape index (κ1) is 36.6. The molecule has 2 heterocycles. The Bertz CT molecular complexity index is 791. The molecule has 2 fully saturated rings. The fourth-order valence-corrected chi connectivity index (χ4v) is 6.05. The maximum atomic E-state index is 12.7. The highest BCUT2D eigenvalue weighted by Crippen LogP contribution is 2.22. The van der Waals surface area contributed by atoms with Crippen LogP contribution in [0.3, 0.4) is 0 Å². The average Bonchev–Trinajstić information content (AvgIpc) is 3.70. The number of ether oxygens (including phenoxy) is 2. The van der Waals surface area contributed by atoms with Crippen LogP contribution in [-0.4, -0.2) is 71.9 Å². The Labute approximate surface area is 260 Å². The third-order valence-corrected chi connectivity index (χ3v) is 8.57. The first-order valence-corrected chi connectivity index (χ1v) is 17.1. The molecule has 0 aromatic rings. The van der Waals surface area contributed by atoms with Gasteiger partial charge in [-0.2, -0.15) is 0 Å². The van der Waals surface area contributed by atoms with E-state index in [1.165, 1.54) is 38.5 Å². The lowest BCUT2D eigenvalue weighted by Gasteiger charge is -2.24. The summed E-state index contributed by atoms with van der Waals surface area (Å²) in [7, 11) is 0. The summed E-state index contributed by atoms with van der Waals surface area (Å²) in [5.74, 6) is -0.669. The Hall–Kier alpha value is -2.64. The first-order valence-electron chi connectivity index (χ1n) is 17.1. The summed E-state index contributed by atoms with van der Waals surface area (Å²) in [6.45, 7) is 8.97. The van der Waals surface area contributed by atoms with E-state index in [9.17, 15) is 19.2 Å². The molecule has 2 amide bonds. The maximum absolute atomic E-state index is 12.7. The fourth-order valence-electron chi connectivity index (χ4n) is 6.05. The van der Waals surface area contributed by atoms with Gasteiger partial charge in [0.15, 0.2) is 0 Å². The van der Waals surface area contributed by atoms with Crippen molar-refractivity contribution in [2.45, 2.75) is 147 Å². The number of carbonyl (C=O) groups is 4. The van der Waals surface area contributed by atoms with Gasteiger partial charge in [0.25, 0.3) is 0 Å². The van der Waals surface area contributed by atoms with Crippen molar-refractivity contribution < 1.29 is 28.7 Å². The summed E-state index contributed by atoms with van der Waals surface area (Å²) >= 11 is 0. The van der Waals surface area contributed by atoms with Crippen LogP contribution in [0.2, 0.25) is 0 Å². The SMILES string of the molecule is C=CCCCCCCCCC(=O)N1CCCC1C(=O)OCCCOC(=O)C1CCCN1C(=O)CCCCCCCCC=C. The molecule has 2 unspecified atom stereocenters. The second-order valence-electron chi connectivity index (χ2n) is 12.1. The molecule has 2 rings (SSSR count). The van der Waals surface area contributed by atoms with Gasteiger partial charge in [-0.3, -0.25) is 9.59 Å². The summed E-state index contributed by atoms with van der Waals surface area (Å²) < 4.78 is 10.9. The van der Waals surface area contributed by atoms with Crippen molar-refractivity contribution in [1.29, 1.82) is 0 Å². The smallest absolute Gasteiger partial charge is 0.328 e. The highest BCUT2D eigenvalue weighted by molar-refractivity contribution is 5.86. The summed E-state index contributed by atoms with van der Waals surface area (Å²) in [5, 5.41) is 0. The quantitative estimate of drug-likeness (QED) is 0.0667. The molecule has 0 aromatic heterocycles. The van der Waals surface area contributed by atoms with Gasteiger partial charge in [0.1, 0.15) is 12.1 Å². The van der Waals surface area contributed by atoms with Gasteiger partial charge < -0.3 is 19.3 Å². The molecular weight excluding hydrogens is 544 g/mol. The fraction of sp³-hybridized carbons (Fsp3) is 0.771. The second-order valence-corrected chi connectivity index (χ2v) is 12.1. The predicted octanol–water partition coefficient (Wildman–Crippen LogP) is 7.06. The van der Waals surface area contributed by atoms with Crippen molar-refractivity contribution in [3.63, 3.8) is 0 Å². The van der Waals surface area contributed by atoms with Crippen LogP contribution in [0.4, 0.5) is 0 Å². The number of hydrogen-bond donors (Lipinski definition) is 0. The van der Waals surface area contributed by atoms with Gasteiger partial charge in [0.2, 0.25) is 11.8 Å². The number of hydrogen-bond acceptors (Lipinski definition) is 6. The van der Waals surface area contributed by atoms with Crippen LogP contribution in [0.25, 0.3) is 0 Å². The standard InChI is InChI=1S/C35H58N2O6/c1-3-5-7-9-11-13-15-17-24-32(38)36-26-19-22-30(36)34(40)42-28-21-29-43-35(41)31-23-20-27-37(31)33(39)25-18-16-14-12-10-8-6-4-2/h3-4,30-31H,1-2,5-29H2. The monoisotopic (exact) mass is 602 g/mol. The number of likely N-dealkylation sites (tertiary alicyclic amines) is 2. The lowest BCUT2D eigenvalue weighted by molar-refractivity contribution is -0.156. The Balaban J connectivity index is 1.57. The Morgan fingerprint density at radius 3 is 1.33 bits per heavy atom. The van der Waals surface area contributed by atoms with Gasteiger partial charge in [-0.05, 0) is 64.2 Å². The molecular formula is C35H58N2O6. The average molecular weight is 603 g/mol. The molecule has 8 nitrogen and oxygen atoms in total. The minimum absolute atomic E-state index is 0.0370. The molecule has 0 aliphatic carbocycles. The van der Waals surface area contributed by atoms with Crippen LogP contribution in [0.15, 0.2) is 25.3 Å². The van der Waals surface area contributed by atoms with E-state index in [1.807, 2.05) is 12.2 Å². The minimum atomic E-state index is -0.510. The molecule has 244 valence electrons. The molecule has 0 N–H and O–H groups in total. The van der Waals surface area contributed by atoms with E-state index in [1.54, 1.807) is 9.80 Å². The van der Waals surface area contributed by atoms with Gasteiger partial charge in [-0.1, -0.05) is 63.5 Å². The van der Waals surface area contributed by atoms with Crippen molar-refractivity contribution in [3.8, 4) is 0 Å². The van der Waals surface area contributed by atoms with Gasteiger partial charge in [0, 0.05) is 32.4 Å². The van der Waals surface area contributed by atoms with E-state index in [4.69, 9.17) is 9.47 Å². The number of rotatable bonds is 24. The number of esters is 2. The lowest BCUT2D eigenvalue weighted by atomic mass is 10.1. The number of allylic oxidation sites excluding steroid dienone is 2. The van der Waals surface area contributed by atoms with Gasteiger partial charge in [-0.15, -0.1) is 13.2 Å². The minimum Gasteiger partial charge on any atom is -0.464 e. The third-order valence-electron chi connectivity index (χ3n) is 8.57. The molecule has 2 saturated heterocycles. The number of nitrogens with zero attached hydrogens (tertiary/aromatic N) is 2. The molecule has 0 aromatic carbocycles. The van der Waals surface area contributed by atoms with Crippen molar-refractivity contribution in [2.24, 2.45) is 0 Å². The van der Waals surface area contributed by atoms with Crippen LogP contribution in [0.1, 0.15) is 135 Å². The lowest BCUT2D eigenvalue weighted by Crippen LogP contribution is -2.42. The summed E-state index contributed by atoms with van der Waals surface area (Å²) in [6, 6.07) is -1.02. The van der Waals surface area contributed by atoms with Crippen LogP contribution in [-0.2, 0) is 28.7 Å². The van der Waals surface area contributed by atoms with Crippen LogP contribution in [0, 0.1) is 0 Å². The molecule has 0 radical (unpaired) electrons. The van der Waals surface area contributed by atoms with E-state index in [2.05, 4.69) is 13.2 Å². The Kier molecular flexibility index (Phi) is 19.4. The highest BCUT2D eigenvalue weighted by Gasteiger charge is 2.36. The van der Waals surface area contributed by atoms with Gasteiger partial charge >= 0.3 is 11.9 Å². The van der Waals surface area contributed by atoms with E-state index < -0.39 is 12.1 Å². The van der Waals surface area contributed by atoms with E-state index in [0.717, 1.165) is 64.2 Å². The van der Waals surface area contributed by atoms with E-state index in [0.29, 0.717) is 45.2 Å². The van der Waals surface area contributed by atoms with Crippen molar-refractivity contribution >= 4 is 23.8 Å². The second kappa shape index (κ2) is 22.8. The van der Waals surface area contributed by atoms with E-state index >= 15 is 0 Å². The topological polar surface area (TPSA) is 93.2 Å². The van der Waals surface area contributed by atoms with Crippen LogP contribution >= 0.6 is 0 Å². The molecule has 2 atom stereocenters. The van der Waals surface area contributed by atoms with Crippen molar-refractivity contribution in [3.05, 3.63) is 25.3 Å². The zero-order chi connectivity index (χ0) is 31.1. The third kappa shape index (κ3) is 14.6. The van der Waals surface area contributed by atoms with Gasteiger partial charge in [-0.25, -0.2) is 9.59 Å². The van der Waals surface area contributed by atoms with Gasteiger partial charge in [0.05, 0.1) is 13.2 Å². The normalized spacial score (nSPS) is 18.0. The Morgan fingerprint density at radius 1 is 0.558 bits per heavy atom. The van der Waals surface area contributed by atoms with Crippen LogP contribution in [0.5, 0.6) is 0 Å². The van der Waals surface area contributed by atoms with Crippen molar-refractivity contribution in [2.75, 3.05) is 26.3 Å². The van der Waals surface area contributed by atoms with Crippen LogP contribution < -0.4 is 0 Å². The molecule has 0 saturated carbocycles. The highest BCUT2D eigenvalue weighted by atomic mass is 16.5. The van der Waals surface area contributed by atoms with E-state index in [-0.39, 0.29) is 37.0 Å². The first-order chi connectivity index (χ1) is 21.0. The maximum Gasteiger partial charge on any atom is 0.328 e. The zero-order valence-corrected chi connectivity index (χ0v) is 26.7. The Morgan fingerprint density at radius 2 is 0.930 bits per heavy atom. The predicted molar refractivity (Wildman–Crippen MR) is 170 cm³/mol. The summed E-state index contributed by atoms with van der Waals surface area (Å²) in [4.78, 5) is 54.2. The largest absolute Gasteiger partial charge is 0.464 e. The summed E-state index contributed by atoms with van der Waals surface area (Å²) in [6.07, 6.45) is 23.4. The summed E-state index contributed by atoms with van der Waals surface area (Å²) in [5.41, 5.74) is 0. The number of carbonyl (C=O) groups excluding carboxylic acids is 4. The zero-order valence-electron chi connectivity index (χ0n) is 26.7. The number of unbranched alkanes of at least 4 members (excludes halogenated alkanes) is 12. The molecule has 43 heavy (non-hydrogen) atoms.